The summed E-state index contributed by atoms with van der Waals surface area (Å²) in [6, 6.07) is 15.5. The van der Waals surface area contributed by atoms with E-state index in [-0.39, 0.29) is 0 Å². The van der Waals surface area contributed by atoms with Gasteiger partial charge in [-0.3, -0.25) is 4.79 Å². The van der Waals surface area contributed by atoms with Gasteiger partial charge in [-0.15, -0.1) is 0 Å². The van der Waals surface area contributed by atoms with Gasteiger partial charge in [0.1, 0.15) is 6.26 Å². The fraction of sp³-hybridized carbons (Fsp3) is 0.208. The van der Waals surface area contributed by atoms with Crippen LogP contribution in [0.5, 0.6) is 5.75 Å². The molecular weight excluding hydrogens is 392 g/mol. The molecule has 4 aromatic rings. The number of ether oxygens (including phenoxy) is 1. The van der Waals surface area contributed by atoms with Gasteiger partial charge >= 0.3 is 0 Å². The Kier molecular flexibility index (Phi) is 5.00. The second kappa shape index (κ2) is 8.10. The molecule has 0 atom stereocenters. The van der Waals surface area contributed by atoms with Crippen LogP contribution in [0.4, 0.5) is 5.82 Å². The molecule has 0 unspecified atom stereocenters. The van der Waals surface area contributed by atoms with Gasteiger partial charge in [0.15, 0.2) is 23.2 Å². The number of carbonyl (C=O) groups is 1. The largest absolute Gasteiger partial charge is 0.488 e. The smallest absolute Gasteiger partial charge is 0.249 e. The summed E-state index contributed by atoms with van der Waals surface area (Å²) in [5.41, 5.74) is 7.92. The zero-order chi connectivity index (χ0) is 21.2. The average molecular weight is 414 g/mol. The normalized spacial score (nSPS) is 13.3. The number of primary amides is 1. The quantitative estimate of drug-likeness (QED) is 0.504. The fourth-order valence-corrected chi connectivity index (χ4v) is 3.85. The molecule has 1 aliphatic rings. The molecule has 0 spiro atoms. The second-order valence-corrected chi connectivity index (χ2v) is 7.51. The molecule has 7 heteroatoms. The van der Waals surface area contributed by atoms with E-state index in [2.05, 4.69) is 17.4 Å². The third-order valence-electron chi connectivity index (χ3n) is 5.41. The van der Waals surface area contributed by atoms with Crippen LogP contribution in [0, 0.1) is 0 Å². The molecule has 31 heavy (non-hydrogen) atoms. The minimum absolute atomic E-state index is 0.410. The number of nitrogens with one attached hydrogen (secondary N) is 1. The number of nitrogens with two attached hydrogens (primary N) is 1. The highest BCUT2D eigenvalue weighted by Crippen LogP contribution is 2.36. The van der Waals surface area contributed by atoms with Gasteiger partial charge < -0.3 is 20.2 Å². The second-order valence-electron chi connectivity index (χ2n) is 7.51. The lowest BCUT2D eigenvalue weighted by atomic mass is 10.1. The SMILES string of the molecule is NC(=O)c1cccc2c(-c3nc4c(c(NCc5ccccc5)n3)OCCCC4)occ12. The zero-order valence-electron chi connectivity index (χ0n) is 16.9. The minimum Gasteiger partial charge on any atom is -0.488 e. The Hall–Kier alpha value is -3.87. The van der Waals surface area contributed by atoms with Gasteiger partial charge in [0.05, 0.1) is 17.9 Å². The molecule has 5 rings (SSSR count). The molecule has 0 saturated heterocycles. The number of nitrogens with zero attached hydrogens (tertiary/aromatic N) is 2. The number of aromatic nitrogens is 2. The summed E-state index contributed by atoms with van der Waals surface area (Å²) in [5.74, 6) is 1.80. The van der Waals surface area contributed by atoms with Gasteiger partial charge in [-0.2, -0.15) is 0 Å². The average Bonchev–Trinajstić information content (AvgIpc) is 3.08. The fourth-order valence-electron chi connectivity index (χ4n) is 3.85. The van der Waals surface area contributed by atoms with Crippen molar-refractivity contribution in [3.63, 3.8) is 0 Å². The van der Waals surface area contributed by atoms with Crippen LogP contribution in [0.15, 0.2) is 59.2 Å². The van der Waals surface area contributed by atoms with Crippen LogP contribution in [0.1, 0.15) is 34.5 Å². The number of benzene rings is 2. The molecule has 0 aliphatic carbocycles. The Morgan fingerprint density at radius 2 is 1.90 bits per heavy atom. The van der Waals surface area contributed by atoms with Gasteiger partial charge in [0.25, 0.3) is 0 Å². The third kappa shape index (κ3) is 3.70. The predicted molar refractivity (Wildman–Crippen MR) is 118 cm³/mol. The number of hydrogen-bond acceptors (Lipinski definition) is 6. The zero-order valence-corrected chi connectivity index (χ0v) is 16.9. The Bertz CT molecular complexity index is 1250. The van der Waals surface area contributed by atoms with E-state index < -0.39 is 5.91 Å². The van der Waals surface area contributed by atoms with Gasteiger partial charge in [0.2, 0.25) is 5.91 Å². The summed E-state index contributed by atoms with van der Waals surface area (Å²) in [6.45, 7) is 1.25. The highest BCUT2D eigenvalue weighted by atomic mass is 16.5. The summed E-state index contributed by atoms with van der Waals surface area (Å²) in [7, 11) is 0. The van der Waals surface area contributed by atoms with Crippen molar-refractivity contribution in [2.45, 2.75) is 25.8 Å². The molecule has 156 valence electrons. The Morgan fingerprint density at radius 3 is 2.74 bits per heavy atom. The van der Waals surface area contributed by atoms with Crippen molar-refractivity contribution in [2.24, 2.45) is 5.73 Å². The molecule has 0 saturated carbocycles. The first-order valence-corrected chi connectivity index (χ1v) is 10.3. The number of hydrogen-bond donors (Lipinski definition) is 2. The van der Waals surface area contributed by atoms with Crippen LogP contribution in [-0.4, -0.2) is 22.5 Å². The number of amides is 1. The van der Waals surface area contributed by atoms with E-state index in [9.17, 15) is 4.79 Å². The van der Waals surface area contributed by atoms with Crippen molar-refractivity contribution in [2.75, 3.05) is 11.9 Å². The monoisotopic (exact) mass is 414 g/mol. The molecule has 1 amide bonds. The number of carbonyl (C=O) groups excluding carboxylic acids is 1. The maximum atomic E-state index is 11.8. The van der Waals surface area contributed by atoms with E-state index in [1.807, 2.05) is 24.3 Å². The molecule has 0 radical (unpaired) electrons. The van der Waals surface area contributed by atoms with Crippen LogP contribution in [-0.2, 0) is 13.0 Å². The topological polar surface area (TPSA) is 103 Å². The summed E-state index contributed by atoms with van der Waals surface area (Å²) in [6.07, 6.45) is 4.30. The Balaban J connectivity index is 1.59. The van der Waals surface area contributed by atoms with Gasteiger partial charge in [-0.25, -0.2) is 9.97 Å². The first-order valence-electron chi connectivity index (χ1n) is 10.3. The highest BCUT2D eigenvalue weighted by Gasteiger charge is 2.22. The summed E-state index contributed by atoms with van der Waals surface area (Å²) < 4.78 is 11.8. The molecule has 3 heterocycles. The van der Waals surface area contributed by atoms with E-state index in [1.165, 1.54) is 6.26 Å². The minimum atomic E-state index is -0.501. The highest BCUT2D eigenvalue weighted by molar-refractivity contribution is 6.08. The predicted octanol–water partition coefficient (Wildman–Crippen LogP) is 4.32. The van der Waals surface area contributed by atoms with E-state index in [0.29, 0.717) is 47.3 Å². The van der Waals surface area contributed by atoms with Crippen molar-refractivity contribution >= 4 is 22.5 Å². The molecular formula is C24H22N4O3. The van der Waals surface area contributed by atoms with E-state index in [1.54, 1.807) is 12.1 Å². The standard InChI is InChI=1S/C24H22N4O3/c25-22(29)17-10-6-9-16-18(17)14-31-20(16)24-27-19-11-4-5-12-30-21(19)23(28-24)26-13-15-7-2-1-3-8-15/h1-3,6-10,14H,4-5,11-13H2,(H2,25,29)(H,26,27,28). The number of rotatable bonds is 5. The van der Waals surface area contributed by atoms with Crippen LogP contribution in [0.3, 0.4) is 0 Å². The van der Waals surface area contributed by atoms with Crippen molar-refractivity contribution in [1.29, 1.82) is 0 Å². The summed E-state index contributed by atoms with van der Waals surface area (Å²) in [4.78, 5) is 21.3. The lowest BCUT2D eigenvalue weighted by molar-refractivity contribution is 0.100. The Labute approximate surface area is 179 Å². The molecule has 3 N–H and O–H groups in total. The first kappa shape index (κ1) is 19.1. The van der Waals surface area contributed by atoms with Gasteiger partial charge in [-0.1, -0.05) is 42.5 Å². The summed E-state index contributed by atoms with van der Waals surface area (Å²) in [5, 5.41) is 4.81. The molecule has 0 fully saturated rings. The molecule has 2 aromatic carbocycles. The van der Waals surface area contributed by atoms with Crippen LogP contribution in [0.2, 0.25) is 0 Å². The number of furan rings is 1. The first-order chi connectivity index (χ1) is 15.2. The maximum absolute atomic E-state index is 11.8. The molecule has 7 nitrogen and oxygen atoms in total. The Morgan fingerprint density at radius 1 is 1.03 bits per heavy atom. The van der Waals surface area contributed by atoms with Gasteiger partial charge in [0, 0.05) is 17.3 Å². The van der Waals surface area contributed by atoms with E-state index >= 15 is 0 Å². The van der Waals surface area contributed by atoms with E-state index in [4.69, 9.17) is 24.9 Å². The molecule has 0 bridgehead atoms. The summed E-state index contributed by atoms with van der Waals surface area (Å²) >= 11 is 0. The van der Waals surface area contributed by atoms with Crippen LogP contribution in [0.25, 0.3) is 22.4 Å². The third-order valence-corrected chi connectivity index (χ3v) is 5.41. The van der Waals surface area contributed by atoms with Crippen molar-refractivity contribution < 1.29 is 13.9 Å². The van der Waals surface area contributed by atoms with E-state index in [0.717, 1.165) is 35.9 Å². The maximum Gasteiger partial charge on any atom is 0.249 e. The molecule has 2 aromatic heterocycles. The number of aryl methyl sites for hydroxylation is 1. The van der Waals surface area contributed by atoms with Crippen molar-refractivity contribution in [3.05, 3.63) is 71.6 Å². The number of fused-ring (bicyclic) bond motifs is 2. The lowest BCUT2D eigenvalue weighted by Crippen LogP contribution is -2.10. The van der Waals surface area contributed by atoms with Gasteiger partial charge in [-0.05, 0) is 30.9 Å². The van der Waals surface area contributed by atoms with Crippen LogP contribution < -0.4 is 15.8 Å². The van der Waals surface area contributed by atoms with Crippen molar-refractivity contribution in [1.82, 2.24) is 9.97 Å². The van der Waals surface area contributed by atoms with Crippen molar-refractivity contribution in [3.8, 4) is 17.3 Å². The lowest BCUT2D eigenvalue weighted by Gasteiger charge is -2.14. The number of anilines is 1. The van der Waals surface area contributed by atoms with Crippen LogP contribution >= 0.6 is 0 Å². The molecule has 1 aliphatic heterocycles.